The fraction of sp³-hybridized carbons (Fsp3) is 0.227. The van der Waals surface area contributed by atoms with E-state index in [2.05, 4.69) is 30.6 Å². The Hall–Kier alpha value is -4.08. The van der Waals surface area contributed by atoms with Gasteiger partial charge in [0.15, 0.2) is 5.82 Å². The molecule has 10 heteroatoms. The van der Waals surface area contributed by atoms with Crippen LogP contribution in [0.4, 0.5) is 9.18 Å². The third-order valence-corrected chi connectivity index (χ3v) is 4.96. The molecule has 0 atom stereocenters. The van der Waals surface area contributed by atoms with Crippen LogP contribution in [-0.4, -0.2) is 54.5 Å². The van der Waals surface area contributed by atoms with E-state index in [0.717, 1.165) is 35.4 Å². The zero-order valence-electron chi connectivity index (χ0n) is 17.6. The minimum absolute atomic E-state index is 0.151. The lowest BCUT2D eigenvalue weighted by atomic mass is 10.1. The van der Waals surface area contributed by atoms with Crippen molar-refractivity contribution in [2.24, 2.45) is 0 Å². The standard InChI is InChI=1S/C22H23FN8O/c1-30(10-2-3-19-11-20(29-28-19)17-5-7-18(23)8-6-17)22(32)26-13-16-4-9-21(25-12-16)31-15-24-14-27-31/h4-9,11-12,14-15H,2-3,10,13H2,1H3,(H,26,32)(H,28,29). The van der Waals surface area contributed by atoms with Crippen LogP contribution >= 0.6 is 0 Å². The average Bonchev–Trinajstić information content (AvgIpc) is 3.51. The molecule has 0 saturated heterocycles. The maximum atomic E-state index is 13.1. The smallest absolute Gasteiger partial charge is 0.317 e. The van der Waals surface area contributed by atoms with Crippen LogP contribution in [0.3, 0.4) is 0 Å². The molecule has 0 radical (unpaired) electrons. The fourth-order valence-corrected chi connectivity index (χ4v) is 3.16. The van der Waals surface area contributed by atoms with E-state index < -0.39 is 0 Å². The van der Waals surface area contributed by atoms with Crippen molar-refractivity contribution in [1.29, 1.82) is 0 Å². The van der Waals surface area contributed by atoms with Gasteiger partial charge in [-0.2, -0.15) is 10.2 Å². The zero-order chi connectivity index (χ0) is 22.3. The first-order chi connectivity index (χ1) is 15.6. The largest absolute Gasteiger partial charge is 0.334 e. The Balaban J connectivity index is 1.20. The number of urea groups is 1. The number of H-pyrrole nitrogens is 1. The number of nitrogens with one attached hydrogen (secondary N) is 2. The molecule has 0 bridgehead atoms. The van der Waals surface area contributed by atoms with Gasteiger partial charge in [-0.25, -0.2) is 23.8 Å². The monoisotopic (exact) mass is 434 g/mol. The summed E-state index contributed by atoms with van der Waals surface area (Å²) in [6.07, 6.45) is 6.25. The number of hydrogen-bond acceptors (Lipinski definition) is 5. The summed E-state index contributed by atoms with van der Waals surface area (Å²) in [7, 11) is 1.76. The molecule has 0 spiro atoms. The SMILES string of the molecule is CN(CCCc1cc(-c2ccc(F)cc2)n[nH]1)C(=O)NCc1ccc(-n2cncn2)nc1. The molecular formula is C22H23FN8O. The van der Waals surface area contributed by atoms with Gasteiger partial charge in [0.25, 0.3) is 0 Å². The maximum Gasteiger partial charge on any atom is 0.317 e. The molecule has 164 valence electrons. The summed E-state index contributed by atoms with van der Waals surface area (Å²) < 4.78 is 14.6. The average molecular weight is 434 g/mol. The van der Waals surface area contributed by atoms with Gasteiger partial charge in [-0.15, -0.1) is 0 Å². The number of hydrogen-bond donors (Lipinski definition) is 2. The van der Waals surface area contributed by atoms with E-state index >= 15 is 0 Å². The Morgan fingerprint density at radius 1 is 1.22 bits per heavy atom. The highest BCUT2D eigenvalue weighted by molar-refractivity contribution is 5.73. The number of aromatic nitrogens is 6. The highest BCUT2D eigenvalue weighted by atomic mass is 19.1. The van der Waals surface area contributed by atoms with E-state index in [1.807, 2.05) is 18.2 Å². The summed E-state index contributed by atoms with van der Waals surface area (Å²) in [4.78, 5) is 22.2. The van der Waals surface area contributed by atoms with Crippen molar-refractivity contribution in [3.63, 3.8) is 0 Å². The molecule has 9 nitrogen and oxygen atoms in total. The first-order valence-corrected chi connectivity index (χ1v) is 10.2. The first kappa shape index (κ1) is 21.2. The molecule has 0 aliphatic carbocycles. The Labute approximate surface area is 184 Å². The summed E-state index contributed by atoms with van der Waals surface area (Å²) in [5, 5.41) is 14.2. The van der Waals surface area contributed by atoms with Crippen LogP contribution < -0.4 is 5.32 Å². The number of aryl methyl sites for hydroxylation is 1. The van der Waals surface area contributed by atoms with Crippen LogP contribution in [0.25, 0.3) is 17.1 Å². The van der Waals surface area contributed by atoms with Gasteiger partial charge in [-0.1, -0.05) is 6.07 Å². The number of aromatic amines is 1. The minimum atomic E-state index is -0.272. The predicted octanol–water partition coefficient (Wildman–Crippen LogP) is 2.97. The topological polar surface area (TPSA) is 105 Å². The number of pyridine rings is 1. The normalized spacial score (nSPS) is 10.8. The van der Waals surface area contributed by atoms with Gasteiger partial charge in [0.2, 0.25) is 0 Å². The van der Waals surface area contributed by atoms with Gasteiger partial charge in [0.05, 0.1) is 5.69 Å². The summed E-state index contributed by atoms with van der Waals surface area (Å²) in [6, 6.07) is 11.7. The molecule has 1 aromatic carbocycles. The molecule has 2 N–H and O–H groups in total. The van der Waals surface area contributed by atoms with Crippen LogP contribution in [-0.2, 0) is 13.0 Å². The third kappa shape index (κ3) is 5.34. The summed E-state index contributed by atoms with van der Waals surface area (Å²) in [6.45, 7) is 0.982. The molecule has 0 fully saturated rings. The van der Waals surface area contributed by atoms with Gasteiger partial charge >= 0.3 is 6.03 Å². The van der Waals surface area contributed by atoms with Gasteiger partial charge < -0.3 is 10.2 Å². The summed E-state index contributed by atoms with van der Waals surface area (Å²) in [5.74, 6) is 0.391. The van der Waals surface area contributed by atoms with E-state index in [-0.39, 0.29) is 11.8 Å². The minimum Gasteiger partial charge on any atom is -0.334 e. The molecule has 3 heterocycles. The van der Waals surface area contributed by atoms with Crippen molar-refractivity contribution in [3.8, 4) is 17.1 Å². The van der Waals surface area contributed by atoms with Crippen molar-refractivity contribution in [1.82, 2.24) is 40.2 Å². The molecule has 0 aliphatic heterocycles. The van der Waals surface area contributed by atoms with E-state index in [9.17, 15) is 9.18 Å². The number of carbonyl (C=O) groups is 1. The van der Waals surface area contributed by atoms with Gasteiger partial charge in [0, 0.05) is 37.6 Å². The number of carbonyl (C=O) groups excluding carboxylic acids is 1. The zero-order valence-corrected chi connectivity index (χ0v) is 17.6. The highest BCUT2D eigenvalue weighted by Crippen LogP contribution is 2.18. The third-order valence-electron chi connectivity index (χ3n) is 4.96. The second kappa shape index (κ2) is 9.82. The number of amides is 2. The van der Waals surface area contributed by atoms with Crippen LogP contribution in [0.2, 0.25) is 0 Å². The van der Waals surface area contributed by atoms with Crippen molar-refractivity contribution >= 4 is 6.03 Å². The van der Waals surface area contributed by atoms with Crippen molar-refractivity contribution in [3.05, 3.63) is 78.4 Å². The first-order valence-electron chi connectivity index (χ1n) is 10.2. The van der Waals surface area contributed by atoms with Crippen LogP contribution in [0.5, 0.6) is 0 Å². The molecule has 0 aliphatic rings. The Morgan fingerprint density at radius 3 is 2.78 bits per heavy atom. The molecule has 2 amide bonds. The van der Waals surface area contributed by atoms with Gasteiger partial charge in [-0.05, 0) is 54.8 Å². The van der Waals surface area contributed by atoms with E-state index in [0.29, 0.717) is 18.9 Å². The Morgan fingerprint density at radius 2 is 2.06 bits per heavy atom. The molecule has 4 rings (SSSR count). The van der Waals surface area contributed by atoms with Crippen molar-refractivity contribution in [2.45, 2.75) is 19.4 Å². The lowest BCUT2D eigenvalue weighted by Crippen LogP contribution is -2.37. The predicted molar refractivity (Wildman–Crippen MR) is 116 cm³/mol. The number of halogens is 1. The summed E-state index contributed by atoms with van der Waals surface area (Å²) in [5.41, 5.74) is 3.49. The molecule has 4 aromatic rings. The van der Waals surface area contributed by atoms with E-state index in [4.69, 9.17) is 0 Å². The Bertz CT molecular complexity index is 1140. The quantitative estimate of drug-likeness (QED) is 0.444. The van der Waals surface area contributed by atoms with Crippen LogP contribution in [0, 0.1) is 5.82 Å². The fourth-order valence-electron chi connectivity index (χ4n) is 3.16. The van der Waals surface area contributed by atoms with Crippen molar-refractivity contribution in [2.75, 3.05) is 13.6 Å². The second-order valence-electron chi connectivity index (χ2n) is 7.33. The lowest BCUT2D eigenvalue weighted by molar-refractivity contribution is 0.208. The Kier molecular flexibility index (Phi) is 6.49. The van der Waals surface area contributed by atoms with E-state index in [1.165, 1.54) is 18.5 Å². The van der Waals surface area contributed by atoms with Gasteiger partial charge in [0.1, 0.15) is 18.5 Å². The number of benzene rings is 1. The molecular weight excluding hydrogens is 411 g/mol. The van der Waals surface area contributed by atoms with Crippen molar-refractivity contribution < 1.29 is 9.18 Å². The summed E-state index contributed by atoms with van der Waals surface area (Å²) >= 11 is 0. The van der Waals surface area contributed by atoms with E-state index in [1.54, 1.807) is 41.3 Å². The second-order valence-corrected chi connectivity index (χ2v) is 7.33. The molecule has 0 saturated carbocycles. The number of rotatable bonds is 8. The molecule has 32 heavy (non-hydrogen) atoms. The molecule has 3 aromatic heterocycles. The maximum absolute atomic E-state index is 13.1. The molecule has 0 unspecified atom stereocenters. The van der Waals surface area contributed by atoms with Gasteiger partial charge in [-0.3, -0.25) is 5.10 Å². The highest BCUT2D eigenvalue weighted by Gasteiger charge is 2.10. The number of nitrogens with zero attached hydrogens (tertiary/aromatic N) is 6. The van der Waals surface area contributed by atoms with Crippen LogP contribution in [0.15, 0.2) is 61.3 Å². The van der Waals surface area contributed by atoms with Crippen LogP contribution in [0.1, 0.15) is 17.7 Å². The lowest BCUT2D eigenvalue weighted by Gasteiger charge is -2.17.